The third-order valence-electron chi connectivity index (χ3n) is 7.00. The molecule has 4 rings (SSSR count). The Hall–Kier alpha value is -1.79. The molecule has 0 bridgehead atoms. The standard InChI is InChI=1S/C24H34F3N5O2S2/c1-15(24(25,26)27)34-23-29-19-9-12-32(13-10-20(19)36-23)11-8-17-4-3-5-18(7-6-17)28-21(33)14-22-31-30-16(2)35-22/h15,17-18H,3-14H2,1-2H3,(H,28,33). The molecule has 3 heterocycles. The zero-order valence-electron chi connectivity index (χ0n) is 20.8. The first kappa shape index (κ1) is 27.3. The van der Waals surface area contributed by atoms with E-state index in [0.717, 1.165) is 92.1 Å². The van der Waals surface area contributed by atoms with Crippen molar-refractivity contribution in [3.63, 3.8) is 0 Å². The number of thiazole rings is 1. The highest BCUT2D eigenvalue weighted by molar-refractivity contribution is 7.13. The number of carbonyl (C=O) groups excluding carboxylic acids is 1. The molecule has 0 aromatic carbocycles. The summed E-state index contributed by atoms with van der Waals surface area (Å²) in [6.45, 7) is 5.67. The molecule has 1 saturated carbocycles. The molecule has 1 amide bonds. The fourth-order valence-corrected chi connectivity index (χ4v) is 6.60. The summed E-state index contributed by atoms with van der Waals surface area (Å²) in [6.07, 6.45) is 2.17. The van der Waals surface area contributed by atoms with E-state index in [1.807, 2.05) is 6.92 Å². The van der Waals surface area contributed by atoms with Gasteiger partial charge in [-0.1, -0.05) is 24.2 Å². The average Bonchev–Trinajstić information content (AvgIpc) is 3.24. The maximum absolute atomic E-state index is 12.8. The molecular weight excluding hydrogens is 511 g/mol. The summed E-state index contributed by atoms with van der Waals surface area (Å²) in [4.78, 5) is 20.2. The van der Waals surface area contributed by atoms with Crippen molar-refractivity contribution in [2.45, 2.75) is 90.0 Å². The van der Waals surface area contributed by atoms with Crippen LogP contribution in [0.15, 0.2) is 0 Å². The second kappa shape index (κ2) is 12.2. The topological polar surface area (TPSA) is 80.2 Å². The second-order valence-corrected chi connectivity index (χ2v) is 12.1. The van der Waals surface area contributed by atoms with E-state index in [0.29, 0.717) is 12.3 Å². The molecule has 1 aliphatic heterocycles. The molecule has 2 aromatic heterocycles. The number of carbonyl (C=O) groups is 1. The lowest BCUT2D eigenvalue weighted by atomic mass is 9.96. The lowest BCUT2D eigenvalue weighted by Gasteiger charge is -2.23. The SMILES string of the molecule is Cc1nnc(CC(=O)NC2CCCC(CCN3CCc4nc(OC(C)C(F)(F)F)sc4CC3)CC2)s1. The van der Waals surface area contributed by atoms with Crippen molar-refractivity contribution in [1.82, 2.24) is 25.4 Å². The number of nitrogens with zero attached hydrogens (tertiary/aromatic N) is 4. The number of amides is 1. The van der Waals surface area contributed by atoms with Crippen LogP contribution in [0.2, 0.25) is 0 Å². The minimum Gasteiger partial charge on any atom is -0.457 e. The molecule has 7 nitrogen and oxygen atoms in total. The monoisotopic (exact) mass is 545 g/mol. The van der Waals surface area contributed by atoms with Crippen LogP contribution >= 0.6 is 22.7 Å². The Bertz CT molecular complexity index is 987. The van der Waals surface area contributed by atoms with E-state index in [1.54, 1.807) is 0 Å². The van der Waals surface area contributed by atoms with Crippen LogP contribution in [0.5, 0.6) is 5.19 Å². The average molecular weight is 546 g/mol. The van der Waals surface area contributed by atoms with Crippen molar-refractivity contribution in [2.75, 3.05) is 19.6 Å². The normalized spacial score (nSPS) is 22.4. The fourth-order valence-electron chi connectivity index (χ4n) is 4.88. The van der Waals surface area contributed by atoms with Gasteiger partial charge in [0.1, 0.15) is 10.0 Å². The molecule has 0 saturated heterocycles. The van der Waals surface area contributed by atoms with Gasteiger partial charge in [-0.15, -0.1) is 21.5 Å². The van der Waals surface area contributed by atoms with Gasteiger partial charge in [-0.2, -0.15) is 13.2 Å². The first-order valence-corrected chi connectivity index (χ1v) is 14.3. The van der Waals surface area contributed by atoms with Crippen molar-refractivity contribution in [3.05, 3.63) is 20.6 Å². The van der Waals surface area contributed by atoms with Gasteiger partial charge in [0.25, 0.3) is 5.19 Å². The van der Waals surface area contributed by atoms with Crippen molar-refractivity contribution in [3.8, 4) is 5.19 Å². The van der Waals surface area contributed by atoms with Crippen molar-refractivity contribution in [1.29, 1.82) is 0 Å². The van der Waals surface area contributed by atoms with Crippen molar-refractivity contribution < 1.29 is 22.7 Å². The van der Waals surface area contributed by atoms with Crippen molar-refractivity contribution >= 4 is 28.6 Å². The van der Waals surface area contributed by atoms with E-state index in [-0.39, 0.29) is 17.1 Å². The summed E-state index contributed by atoms with van der Waals surface area (Å²) >= 11 is 2.72. The summed E-state index contributed by atoms with van der Waals surface area (Å²) < 4.78 is 43.4. The molecule has 0 spiro atoms. The predicted octanol–water partition coefficient (Wildman–Crippen LogP) is 4.73. The molecule has 2 aromatic rings. The number of hydrogen-bond donors (Lipinski definition) is 1. The molecule has 1 N–H and O–H groups in total. The summed E-state index contributed by atoms with van der Waals surface area (Å²) in [5.41, 5.74) is 0.878. The lowest BCUT2D eigenvalue weighted by Crippen LogP contribution is -2.35. The van der Waals surface area contributed by atoms with E-state index >= 15 is 0 Å². The molecule has 3 unspecified atom stereocenters. The highest BCUT2D eigenvalue weighted by atomic mass is 32.1. The van der Waals surface area contributed by atoms with Crippen LogP contribution < -0.4 is 10.1 Å². The molecule has 36 heavy (non-hydrogen) atoms. The van der Waals surface area contributed by atoms with E-state index < -0.39 is 12.3 Å². The molecule has 2 aliphatic rings. The predicted molar refractivity (Wildman–Crippen MR) is 134 cm³/mol. The molecule has 200 valence electrons. The molecule has 0 radical (unpaired) electrons. The van der Waals surface area contributed by atoms with Gasteiger partial charge in [-0.25, -0.2) is 4.98 Å². The summed E-state index contributed by atoms with van der Waals surface area (Å²) in [5, 5.41) is 13.0. The van der Waals surface area contributed by atoms with E-state index in [4.69, 9.17) is 4.74 Å². The Morgan fingerprint density at radius 3 is 2.72 bits per heavy atom. The zero-order valence-corrected chi connectivity index (χ0v) is 22.4. The van der Waals surface area contributed by atoms with Crippen LogP contribution in [0.4, 0.5) is 13.2 Å². The van der Waals surface area contributed by atoms with Crippen LogP contribution in [0, 0.1) is 12.8 Å². The number of hydrogen-bond acceptors (Lipinski definition) is 8. The third kappa shape index (κ3) is 7.85. The number of alkyl halides is 3. The van der Waals surface area contributed by atoms with Gasteiger partial charge in [-0.3, -0.25) is 4.79 Å². The largest absolute Gasteiger partial charge is 0.457 e. The maximum Gasteiger partial charge on any atom is 0.425 e. The Balaban J connectivity index is 1.17. The number of aromatic nitrogens is 3. The highest BCUT2D eigenvalue weighted by Crippen LogP contribution is 2.32. The number of rotatable bonds is 8. The fraction of sp³-hybridized carbons (Fsp3) is 0.750. The van der Waals surface area contributed by atoms with Gasteiger partial charge < -0.3 is 15.0 Å². The third-order valence-corrected chi connectivity index (χ3v) is 8.89. The number of halogens is 3. The van der Waals surface area contributed by atoms with Gasteiger partial charge in [0.05, 0.1) is 12.1 Å². The quantitative estimate of drug-likeness (QED) is 0.483. The van der Waals surface area contributed by atoms with Gasteiger partial charge >= 0.3 is 6.18 Å². The molecule has 1 aliphatic carbocycles. The summed E-state index contributed by atoms with van der Waals surface area (Å²) in [7, 11) is 0. The molecule has 12 heteroatoms. The first-order valence-electron chi connectivity index (χ1n) is 12.7. The van der Waals surface area contributed by atoms with E-state index in [2.05, 4.69) is 25.4 Å². The number of nitrogens with one attached hydrogen (secondary N) is 1. The minimum absolute atomic E-state index is 0.0293. The Morgan fingerprint density at radius 2 is 1.97 bits per heavy atom. The highest BCUT2D eigenvalue weighted by Gasteiger charge is 2.39. The number of fused-ring (bicyclic) bond motifs is 1. The van der Waals surface area contributed by atoms with Gasteiger partial charge in [0, 0.05) is 30.4 Å². The van der Waals surface area contributed by atoms with Crippen LogP contribution in [-0.4, -0.2) is 63.9 Å². The van der Waals surface area contributed by atoms with Crippen LogP contribution in [0.1, 0.15) is 66.0 Å². The van der Waals surface area contributed by atoms with Crippen LogP contribution in [0.25, 0.3) is 0 Å². The summed E-state index contributed by atoms with van der Waals surface area (Å²) in [5.74, 6) is 0.679. The van der Waals surface area contributed by atoms with Crippen LogP contribution in [0.3, 0.4) is 0 Å². The zero-order chi connectivity index (χ0) is 25.7. The smallest absolute Gasteiger partial charge is 0.425 e. The Labute approximate surface area is 217 Å². The van der Waals surface area contributed by atoms with E-state index in [9.17, 15) is 18.0 Å². The minimum atomic E-state index is -4.39. The van der Waals surface area contributed by atoms with Gasteiger partial charge in [0.2, 0.25) is 5.91 Å². The Kier molecular flexibility index (Phi) is 9.21. The van der Waals surface area contributed by atoms with Crippen LogP contribution in [-0.2, 0) is 24.1 Å². The lowest BCUT2D eigenvalue weighted by molar-refractivity contribution is -0.189. The maximum atomic E-state index is 12.8. The van der Waals surface area contributed by atoms with Crippen molar-refractivity contribution in [2.24, 2.45) is 5.92 Å². The van der Waals surface area contributed by atoms with Gasteiger partial charge in [-0.05, 0) is 58.4 Å². The van der Waals surface area contributed by atoms with E-state index in [1.165, 1.54) is 29.1 Å². The first-order chi connectivity index (χ1) is 17.2. The molecule has 3 atom stereocenters. The number of aryl methyl sites for hydroxylation is 1. The number of ether oxygens (including phenoxy) is 1. The van der Waals surface area contributed by atoms with Gasteiger partial charge in [0.15, 0.2) is 6.10 Å². The Morgan fingerprint density at radius 1 is 1.17 bits per heavy atom. The second-order valence-electron chi connectivity index (χ2n) is 9.81. The molecule has 1 fully saturated rings. The molecular formula is C24H34F3N5O2S2. The summed E-state index contributed by atoms with van der Waals surface area (Å²) in [6, 6.07) is 0.230.